The van der Waals surface area contributed by atoms with E-state index in [4.69, 9.17) is 5.84 Å². The Balaban J connectivity index is 2.81. The molecule has 3 N–H and O–H groups in total. The molecule has 0 aliphatic carbocycles. The van der Waals surface area contributed by atoms with Crippen molar-refractivity contribution in [2.45, 2.75) is 27.2 Å². The van der Waals surface area contributed by atoms with Gasteiger partial charge in [-0.05, 0) is 43.5 Å². The maximum atomic E-state index is 5.60. The Morgan fingerprint density at radius 2 is 2.06 bits per heavy atom. The van der Waals surface area contributed by atoms with E-state index in [0.29, 0.717) is 0 Å². The van der Waals surface area contributed by atoms with E-state index in [1.807, 2.05) is 13.8 Å². The van der Waals surface area contributed by atoms with Crippen molar-refractivity contribution < 1.29 is 0 Å². The van der Waals surface area contributed by atoms with Gasteiger partial charge in [0, 0.05) is 11.1 Å². The molecule has 0 radical (unpaired) electrons. The van der Waals surface area contributed by atoms with E-state index in [1.54, 1.807) is 0 Å². The average molecular weight is 215 g/mol. The van der Waals surface area contributed by atoms with Crippen LogP contribution >= 0.6 is 0 Å². The number of nitrogens with one attached hydrogen (secondary N) is 1. The van der Waals surface area contributed by atoms with Gasteiger partial charge in [-0.2, -0.15) is 0 Å². The number of rotatable bonds is 2. The molecule has 0 atom stereocenters. The van der Waals surface area contributed by atoms with E-state index < -0.39 is 0 Å². The first kappa shape index (κ1) is 10.9. The number of fused-ring (bicyclic) bond motifs is 1. The molecule has 84 valence electrons. The molecule has 3 nitrogen and oxygen atoms in total. The normalized spacial score (nSPS) is 10.8. The number of anilines is 1. The summed E-state index contributed by atoms with van der Waals surface area (Å²) < 4.78 is 0. The van der Waals surface area contributed by atoms with Crippen molar-refractivity contribution in [3.05, 3.63) is 35.0 Å². The first-order chi connectivity index (χ1) is 7.67. The van der Waals surface area contributed by atoms with Crippen LogP contribution in [0.25, 0.3) is 10.9 Å². The Bertz CT molecular complexity index is 532. The lowest BCUT2D eigenvalue weighted by molar-refractivity contribution is 1.14. The zero-order chi connectivity index (χ0) is 11.7. The summed E-state index contributed by atoms with van der Waals surface area (Å²) in [5.41, 5.74) is 8.20. The lowest BCUT2D eigenvalue weighted by atomic mass is 10.0. The van der Waals surface area contributed by atoms with Gasteiger partial charge in [0.1, 0.15) is 0 Å². The van der Waals surface area contributed by atoms with Crippen molar-refractivity contribution in [1.29, 1.82) is 0 Å². The number of nitrogens with zero attached hydrogens (tertiary/aromatic N) is 1. The predicted molar refractivity (Wildman–Crippen MR) is 68.4 cm³/mol. The second kappa shape index (κ2) is 4.10. The molecule has 16 heavy (non-hydrogen) atoms. The van der Waals surface area contributed by atoms with Crippen LogP contribution < -0.4 is 11.3 Å². The highest BCUT2D eigenvalue weighted by Crippen LogP contribution is 2.27. The second-order valence-electron chi connectivity index (χ2n) is 4.05. The molecule has 0 unspecified atom stereocenters. The average Bonchev–Trinajstić information content (AvgIpc) is 2.30. The van der Waals surface area contributed by atoms with E-state index in [9.17, 15) is 0 Å². The summed E-state index contributed by atoms with van der Waals surface area (Å²) in [5, 5.41) is 1.10. The van der Waals surface area contributed by atoms with Crippen LogP contribution in [0.4, 0.5) is 5.69 Å². The van der Waals surface area contributed by atoms with Gasteiger partial charge in [-0.25, -0.2) is 0 Å². The monoisotopic (exact) mass is 215 g/mol. The molecule has 3 heteroatoms. The molecule has 0 saturated carbocycles. The molecule has 0 spiro atoms. The zero-order valence-corrected chi connectivity index (χ0v) is 9.96. The summed E-state index contributed by atoms with van der Waals surface area (Å²) in [7, 11) is 0. The fraction of sp³-hybridized carbons (Fsp3) is 0.308. The van der Waals surface area contributed by atoms with Gasteiger partial charge in [-0.1, -0.05) is 13.0 Å². The van der Waals surface area contributed by atoms with Crippen LogP contribution in [0, 0.1) is 13.8 Å². The highest BCUT2D eigenvalue weighted by molar-refractivity contribution is 5.93. The van der Waals surface area contributed by atoms with E-state index in [1.165, 1.54) is 5.56 Å². The predicted octanol–water partition coefficient (Wildman–Crippen LogP) is 2.70. The molecular formula is C13H17N3. The van der Waals surface area contributed by atoms with Crippen LogP contribution in [0.5, 0.6) is 0 Å². The van der Waals surface area contributed by atoms with Gasteiger partial charge in [0.05, 0.1) is 11.2 Å². The summed E-state index contributed by atoms with van der Waals surface area (Å²) >= 11 is 0. The molecule has 1 aromatic carbocycles. The minimum atomic E-state index is 0.984. The van der Waals surface area contributed by atoms with Crippen LogP contribution in [0.15, 0.2) is 18.2 Å². The van der Waals surface area contributed by atoms with Gasteiger partial charge in [0.15, 0.2) is 0 Å². The molecule has 0 saturated heterocycles. The third-order valence-electron chi connectivity index (χ3n) is 3.09. The minimum absolute atomic E-state index is 0.984. The Morgan fingerprint density at radius 3 is 2.69 bits per heavy atom. The number of hydrogen-bond acceptors (Lipinski definition) is 3. The largest absolute Gasteiger partial charge is 0.323 e. The van der Waals surface area contributed by atoms with Crippen molar-refractivity contribution in [3.8, 4) is 0 Å². The van der Waals surface area contributed by atoms with Crippen LogP contribution in [-0.2, 0) is 6.42 Å². The lowest BCUT2D eigenvalue weighted by Gasteiger charge is -2.12. The number of pyridine rings is 1. The topological polar surface area (TPSA) is 50.9 Å². The van der Waals surface area contributed by atoms with Crippen molar-refractivity contribution in [3.63, 3.8) is 0 Å². The maximum absolute atomic E-state index is 5.60. The highest BCUT2D eigenvalue weighted by atomic mass is 15.2. The SMILES string of the molecule is CCc1ccc2nc(C)c(C)c(NN)c2c1. The van der Waals surface area contributed by atoms with Crippen molar-refractivity contribution in [2.24, 2.45) is 5.84 Å². The number of nitrogen functional groups attached to an aromatic ring is 1. The number of aryl methyl sites for hydroxylation is 2. The van der Waals surface area contributed by atoms with E-state index in [2.05, 4.69) is 35.5 Å². The number of aromatic nitrogens is 1. The fourth-order valence-corrected chi connectivity index (χ4v) is 1.93. The first-order valence-electron chi connectivity index (χ1n) is 5.53. The smallest absolute Gasteiger partial charge is 0.0726 e. The van der Waals surface area contributed by atoms with E-state index >= 15 is 0 Å². The Morgan fingerprint density at radius 1 is 1.31 bits per heavy atom. The van der Waals surface area contributed by atoms with Crippen molar-refractivity contribution >= 4 is 16.6 Å². The Hall–Kier alpha value is -1.61. The summed E-state index contributed by atoms with van der Waals surface area (Å²) in [5.74, 6) is 5.60. The number of benzene rings is 1. The summed E-state index contributed by atoms with van der Waals surface area (Å²) in [4.78, 5) is 4.56. The summed E-state index contributed by atoms with van der Waals surface area (Å²) in [6.45, 7) is 6.18. The van der Waals surface area contributed by atoms with Gasteiger partial charge in [0.2, 0.25) is 0 Å². The van der Waals surface area contributed by atoms with Gasteiger partial charge in [-0.15, -0.1) is 0 Å². The third-order valence-corrected chi connectivity index (χ3v) is 3.09. The second-order valence-corrected chi connectivity index (χ2v) is 4.05. The van der Waals surface area contributed by atoms with Crippen molar-refractivity contribution in [1.82, 2.24) is 4.98 Å². The highest BCUT2D eigenvalue weighted by Gasteiger charge is 2.08. The van der Waals surface area contributed by atoms with Gasteiger partial charge >= 0.3 is 0 Å². The van der Waals surface area contributed by atoms with E-state index in [-0.39, 0.29) is 0 Å². The quantitative estimate of drug-likeness (QED) is 0.598. The number of hydrogen-bond donors (Lipinski definition) is 2. The molecular weight excluding hydrogens is 198 g/mol. The molecule has 1 heterocycles. The minimum Gasteiger partial charge on any atom is -0.323 e. The lowest BCUT2D eigenvalue weighted by Crippen LogP contribution is -2.10. The standard InChI is InChI=1S/C13H17N3/c1-4-10-5-6-12-11(7-10)13(16-14)8(2)9(3)15-12/h5-7H,4,14H2,1-3H3,(H,15,16). The number of nitrogens with two attached hydrogens (primary N) is 1. The van der Waals surface area contributed by atoms with Crippen LogP contribution in [-0.4, -0.2) is 4.98 Å². The molecule has 0 fully saturated rings. The van der Waals surface area contributed by atoms with Crippen LogP contribution in [0.2, 0.25) is 0 Å². The molecule has 0 bridgehead atoms. The molecule has 0 aliphatic heterocycles. The Kier molecular flexibility index (Phi) is 2.79. The van der Waals surface area contributed by atoms with Gasteiger partial charge < -0.3 is 5.43 Å². The Labute approximate surface area is 95.7 Å². The fourth-order valence-electron chi connectivity index (χ4n) is 1.93. The third kappa shape index (κ3) is 1.63. The van der Waals surface area contributed by atoms with Crippen LogP contribution in [0.3, 0.4) is 0 Å². The zero-order valence-electron chi connectivity index (χ0n) is 9.96. The first-order valence-corrected chi connectivity index (χ1v) is 5.53. The number of hydrazine groups is 1. The maximum Gasteiger partial charge on any atom is 0.0726 e. The van der Waals surface area contributed by atoms with Crippen molar-refractivity contribution in [2.75, 3.05) is 5.43 Å². The summed E-state index contributed by atoms with van der Waals surface area (Å²) in [6, 6.07) is 6.33. The summed E-state index contributed by atoms with van der Waals surface area (Å²) in [6.07, 6.45) is 1.02. The molecule has 0 amide bonds. The van der Waals surface area contributed by atoms with Gasteiger partial charge in [-0.3, -0.25) is 10.8 Å². The molecule has 0 aliphatic rings. The van der Waals surface area contributed by atoms with Crippen LogP contribution in [0.1, 0.15) is 23.7 Å². The molecule has 2 rings (SSSR count). The molecule has 2 aromatic rings. The van der Waals surface area contributed by atoms with E-state index in [0.717, 1.165) is 34.3 Å². The molecule has 1 aromatic heterocycles. The van der Waals surface area contributed by atoms with Gasteiger partial charge in [0.25, 0.3) is 0 Å².